The van der Waals surface area contributed by atoms with Crippen LogP contribution in [0, 0.1) is 5.82 Å². The summed E-state index contributed by atoms with van der Waals surface area (Å²) in [6, 6.07) is 4.34. The van der Waals surface area contributed by atoms with Crippen LogP contribution in [-0.2, 0) is 4.74 Å². The van der Waals surface area contributed by atoms with E-state index in [9.17, 15) is 9.18 Å². The second-order valence-electron chi connectivity index (χ2n) is 4.76. The minimum absolute atomic E-state index is 0.0401. The lowest BCUT2D eigenvalue weighted by Gasteiger charge is -2.28. The number of nitrogens with one attached hydrogen (secondary N) is 1. The van der Waals surface area contributed by atoms with Gasteiger partial charge in [0.25, 0.3) is 5.91 Å². The van der Waals surface area contributed by atoms with E-state index in [0.717, 1.165) is 6.42 Å². The van der Waals surface area contributed by atoms with Crippen LogP contribution in [0.5, 0.6) is 0 Å². The maximum atomic E-state index is 13.4. The van der Waals surface area contributed by atoms with Gasteiger partial charge in [-0.05, 0) is 54.4 Å². The summed E-state index contributed by atoms with van der Waals surface area (Å²) in [6.45, 7) is 4.50. The van der Waals surface area contributed by atoms with Crippen molar-refractivity contribution < 1.29 is 13.9 Å². The van der Waals surface area contributed by atoms with Crippen molar-refractivity contribution in [3.05, 3.63) is 34.1 Å². The summed E-state index contributed by atoms with van der Waals surface area (Å²) in [4.78, 5) is 12.1. The quantitative estimate of drug-likeness (QED) is 0.911. The van der Waals surface area contributed by atoms with Crippen LogP contribution >= 0.6 is 15.9 Å². The van der Waals surface area contributed by atoms with E-state index >= 15 is 0 Å². The van der Waals surface area contributed by atoms with Crippen LogP contribution < -0.4 is 5.32 Å². The number of hydrogen-bond donors (Lipinski definition) is 1. The van der Waals surface area contributed by atoms with E-state index in [1.54, 1.807) is 6.07 Å². The summed E-state index contributed by atoms with van der Waals surface area (Å²) >= 11 is 3.06. The van der Waals surface area contributed by atoms with Crippen LogP contribution in [0.1, 0.15) is 30.6 Å². The largest absolute Gasteiger partial charge is 0.376 e. The minimum atomic E-state index is -0.441. The predicted molar refractivity (Wildman–Crippen MR) is 70.0 cm³/mol. The number of carbonyl (C=O) groups excluding carboxylic acids is 1. The van der Waals surface area contributed by atoms with Gasteiger partial charge in [0.05, 0.1) is 16.1 Å². The van der Waals surface area contributed by atoms with E-state index in [2.05, 4.69) is 21.2 Å². The third-order valence-electron chi connectivity index (χ3n) is 3.47. The number of hydrogen-bond acceptors (Lipinski definition) is 2. The highest BCUT2D eigenvalue weighted by molar-refractivity contribution is 9.10. The number of amides is 1. The van der Waals surface area contributed by atoms with Crippen LogP contribution in [-0.4, -0.2) is 24.2 Å². The standard InChI is InChI=1S/C13H15BrFNO2/c1-8-13(2,5-6-18-8)16-12(17)9-3-4-10(14)11(15)7-9/h3-4,7-8H,5-6H2,1-2H3,(H,16,17). The van der Waals surface area contributed by atoms with Crippen molar-refractivity contribution in [1.29, 1.82) is 0 Å². The topological polar surface area (TPSA) is 38.3 Å². The highest BCUT2D eigenvalue weighted by Gasteiger charge is 2.38. The van der Waals surface area contributed by atoms with E-state index in [1.807, 2.05) is 13.8 Å². The zero-order valence-electron chi connectivity index (χ0n) is 10.3. The molecule has 1 aliphatic heterocycles. The van der Waals surface area contributed by atoms with Crippen molar-refractivity contribution in [2.45, 2.75) is 31.9 Å². The van der Waals surface area contributed by atoms with Crippen molar-refractivity contribution in [2.24, 2.45) is 0 Å². The average molecular weight is 316 g/mol. The molecule has 0 aromatic heterocycles. The number of ether oxygens (including phenoxy) is 1. The molecule has 0 spiro atoms. The molecule has 5 heteroatoms. The molecular formula is C13H15BrFNO2. The van der Waals surface area contributed by atoms with Gasteiger partial charge in [0.1, 0.15) is 5.82 Å². The van der Waals surface area contributed by atoms with Crippen molar-refractivity contribution >= 4 is 21.8 Å². The summed E-state index contributed by atoms with van der Waals surface area (Å²) in [5, 5.41) is 2.92. The van der Waals surface area contributed by atoms with Gasteiger partial charge in [0.15, 0.2) is 0 Å². The highest BCUT2D eigenvalue weighted by Crippen LogP contribution is 2.26. The zero-order valence-corrected chi connectivity index (χ0v) is 11.9. The van der Waals surface area contributed by atoms with Gasteiger partial charge in [-0.25, -0.2) is 4.39 Å². The molecule has 0 bridgehead atoms. The molecule has 2 unspecified atom stereocenters. The Morgan fingerprint density at radius 3 is 2.89 bits per heavy atom. The summed E-state index contributed by atoms with van der Waals surface area (Å²) in [6.07, 6.45) is 0.723. The van der Waals surface area contributed by atoms with Crippen LogP contribution in [0.3, 0.4) is 0 Å². The molecular weight excluding hydrogens is 301 g/mol. The molecule has 0 saturated carbocycles. The number of benzene rings is 1. The van der Waals surface area contributed by atoms with Crippen LogP contribution in [0.4, 0.5) is 4.39 Å². The molecule has 3 nitrogen and oxygen atoms in total. The summed E-state index contributed by atoms with van der Waals surface area (Å²) in [7, 11) is 0. The van der Waals surface area contributed by atoms with Crippen molar-refractivity contribution in [3.63, 3.8) is 0 Å². The molecule has 1 heterocycles. The van der Waals surface area contributed by atoms with Crippen molar-refractivity contribution in [1.82, 2.24) is 5.32 Å². The van der Waals surface area contributed by atoms with Gasteiger partial charge >= 0.3 is 0 Å². The number of rotatable bonds is 2. The van der Waals surface area contributed by atoms with Gasteiger partial charge in [-0.3, -0.25) is 4.79 Å². The molecule has 0 aliphatic carbocycles. The summed E-state index contributed by atoms with van der Waals surface area (Å²) in [5.74, 6) is -0.718. The Morgan fingerprint density at radius 2 is 2.33 bits per heavy atom. The Hall–Kier alpha value is -0.940. The molecule has 18 heavy (non-hydrogen) atoms. The minimum Gasteiger partial charge on any atom is -0.376 e. The highest BCUT2D eigenvalue weighted by atomic mass is 79.9. The molecule has 1 saturated heterocycles. The van der Waals surface area contributed by atoms with E-state index in [0.29, 0.717) is 16.6 Å². The molecule has 0 radical (unpaired) electrons. The molecule has 1 aliphatic rings. The van der Waals surface area contributed by atoms with E-state index in [1.165, 1.54) is 12.1 Å². The SMILES string of the molecule is CC1OCCC1(C)NC(=O)c1ccc(Br)c(F)c1. The average Bonchev–Trinajstić information content (AvgIpc) is 2.63. The van der Waals surface area contributed by atoms with Crippen molar-refractivity contribution in [3.8, 4) is 0 Å². The van der Waals surface area contributed by atoms with Gasteiger partial charge in [-0.15, -0.1) is 0 Å². The molecule has 2 atom stereocenters. The number of carbonyl (C=O) groups is 1. The first-order valence-electron chi connectivity index (χ1n) is 5.81. The van der Waals surface area contributed by atoms with Gasteiger partial charge in [0, 0.05) is 12.2 Å². The zero-order chi connectivity index (χ0) is 13.3. The molecule has 98 valence electrons. The molecule has 1 fully saturated rings. The van der Waals surface area contributed by atoms with Crippen molar-refractivity contribution in [2.75, 3.05) is 6.61 Å². The van der Waals surface area contributed by atoms with Crippen LogP contribution in [0.15, 0.2) is 22.7 Å². The second-order valence-corrected chi connectivity index (χ2v) is 5.62. The Kier molecular flexibility index (Phi) is 3.73. The fourth-order valence-electron chi connectivity index (χ4n) is 1.97. The lowest BCUT2D eigenvalue weighted by atomic mass is 9.94. The van der Waals surface area contributed by atoms with E-state index in [4.69, 9.17) is 4.74 Å². The molecule has 1 amide bonds. The fraction of sp³-hybridized carbons (Fsp3) is 0.462. The Bertz CT molecular complexity index is 480. The molecule has 1 N–H and O–H groups in total. The first-order valence-corrected chi connectivity index (χ1v) is 6.61. The monoisotopic (exact) mass is 315 g/mol. The lowest BCUT2D eigenvalue weighted by molar-refractivity contribution is 0.0727. The van der Waals surface area contributed by atoms with Crippen LogP contribution in [0.2, 0.25) is 0 Å². The smallest absolute Gasteiger partial charge is 0.251 e. The third kappa shape index (κ3) is 2.57. The number of halogens is 2. The third-order valence-corrected chi connectivity index (χ3v) is 4.11. The molecule has 2 rings (SSSR count). The second kappa shape index (κ2) is 4.97. The first kappa shape index (κ1) is 13.5. The first-order chi connectivity index (χ1) is 8.42. The fourth-order valence-corrected chi connectivity index (χ4v) is 2.21. The van der Waals surface area contributed by atoms with Gasteiger partial charge in [-0.1, -0.05) is 0 Å². The molecule has 1 aromatic rings. The lowest BCUT2D eigenvalue weighted by Crippen LogP contribution is -2.50. The summed E-state index contributed by atoms with van der Waals surface area (Å²) < 4.78 is 19.2. The van der Waals surface area contributed by atoms with Crippen LogP contribution in [0.25, 0.3) is 0 Å². The Morgan fingerprint density at radius 1 is 1.61 bits per heavy atom. The van der Waals surface area contributed by atoms with Gasteiger partial charge < -0.3 is 10.1 Å². The molecule has 1 aromatic carbocycles. The maximum absolute atomic E-state index is 13.4. The maximum Gasteiger partial charge on any atom is 0.251 e. The Balaban J connectivity index is 2.14. The van der Waals surface area contributed by atoms with E-state index < -0.39 is 5.82 Å². The van der Waals surface area contributed by atoms with Gasteiger partial charge in [0.2, 0.25) is 0 Å². The summed E-state index contributed by atoms with van der Waals surface area (Å²) in [5.41, 5.74) is -0.0725. The van der Waals surface area contributed by atoms with E-state index in [-0.39, 0.29) is 17.6 Å². The Labute approximate surface area is 114 Å². The van der Waals surface area contributed by atoms with Gasteiger partial charge in [-0.2, -0.15) is 0 Å². The normalized spacial score (nSPS) is 27.2. The predicted octanol–water partition coefficient (Wildman–Crippen LogP) is 2.89.